The second kappa shape index (κ2) is 9.55. The van der Waals surface area contributed by atoms with Gasteiger partial charge in [-0.15, -0.1) is 0 Å². The van der Waals surface area contributed by atoms with Crippen LogP contribution in [-0.2, 0) is 0 Å². The van der Waals surface area contributed by atoms with E-state index in [1.54, 1.807) is 0 Å². The molecule has 0 spiro atoms. The Balaban J connectivity index is 0.000000791. The van der Waals surface area contributed by atoms with Crippen LogP contribution in [0.2, 0.25) is 0 Å². The summed E-state index contributed by atoms with van der Waals surface area (Å²) in [6, 6.07) is 0. The highest BCUT2D eigenvalue weighted by Gasteiger charge is 2.18. The van der Waals surface area contributed by atoms with E-state index in [2.05, 4.69) is 13.8 Å². The largest absolute Gasteiger partial charge is 0.0683 e. The van der Waals surface area contributed by atoms with Gasteiger partial charge in [0, 0.05) is 0 Å². The fourth-order valence-electron chi connectivity index (χ4n) is 2.42. The molecule has 0 saturated heterocycles. The van der Waals surface area contributed by atoms with Gasteiger partial charge in [-0.3, -0.25) is 0 Å². The minimum absolute atomic E-state index is 1.07. The molecule has 0 aromatic carbocycles. The molecule has 0 aromatic heterocycles. The molecule has 1 fully saturated rings. The first-order valence-electron chi connectivity index (χ1n) is 6.86. The van der Waals surface area contributed by atoms with Crippen molar-refractivity contribution in [3.05, 3.63) is 0 Å². The maximum absolute atomic E-state index is 2.34. The Morgan fingerprint density at radius 2 is 1.36 bits per heavy atom. The van der Waals surface area contributed by atoms with E-state index in [-0.39, 0.29) is 0 Å². The molecule has 0 radical (unpaired) electrons. The first kappa shape index (κ1) is 14.0. The Morgan fingerprint density at radius 3 is 1.79 bits per heavy atom. The van der Waals surface area contributed by atoms with Gasteiger partial charge in [-0.2, -0.15) is 0 Å². The van der Waals surface area contributed by atoms with Gasteiger partial charge in [0.1, 0.15) is 0 Å². The van der Waals surface area contributed by atoms with Crippen LogP contribution in [0.3, 0.4) is 0 Å². The molecule has 1 rings (SSSR count). The smallest absolute Gasteiger partial charge is 0.0414 e. The summed E-state index contributed by atoms with van der Waals surface area (Å²) in [5, 5.41) is 0. The Hall–Kier alpha value is 0. The first-order chi connectivity index (χ1) is 6.86. The summed E-state index contributed by atoms with van der Waals surface area (Å²) in [6.45, 7) is 8.65. The summed E-state index contributed by atoms with van der Waals surface area (Å²) in [5.74, 6) is 2.16. The molecule has 0 aliphatic heterocycles. The average molecular weight is 198 g/mol. The maximum atomic E-state index is 2.34. The highest BCUT2D eigenvalue weighted by molar-refractivity contribution is 4.71. The Morgan fingerprint density at radius 1 is 0.857 bits per heavy atom. The van der Waals surface area contributed by atoms with Crippen LogP contribution < -0.4 is 0 Å². The van der Waals surface area contributed by atoms with Gasteiger partial charge in [0.25, 0.3) is 0 Å². The van der Waals surface area contributed by atoms with Crippen LogP contribution in [0.4, 0.5) is 0 Å². The third-order valence-electron chi connectivity index (χ3n) is 3.51. The first-order valence-corrected chi connectivity index (χ1v) is 6.86. The molecule has 0 unspecified atom stereocenters. The summed E-state index contributed by atoms with van der Waals surface area (Å²) in [6.07, 6.45) is 11.9. The zero-order chi connectivity index (χ0) is 10.8. The predicted octanol–water partition coefficient (Wildman–Crippen LogP) is 5.42. The van der Waals surface area contributed by atoms with Gasteiger partial charge in [-0.1, -0.05) is 79.1 Å². The maximum Gasteiger partial charge on any atom is -0.0414 e. The van der Waals surface area contributed by atoms with Crippen molar-refractivity contribution in [2.24, 2.45) is 11.8 Å². The van der Waals surface area contributed by atoms with Gasteiger partial charge < -0.3 is 0 Å². The van der Waals surface area contributed by atoms with Crippen molar-refractivity contribution in [3.63, 3.8) is 0 Å². The van der Waals surface area contributed by atoms with Crippen molar-refractivity contribution in [2.45, 2.75) is 79.1 Å². The van der Waals surface area contributed by atoms with E-state index in [9.17, 15) is 0 Å². The minimum atomic E-state index is 1.07. The SMILES string of the molecule is CC.CCCCC1CCC(CC)CC1. The second-order valence-corrected chi connectivity index (χ2v) is 4.44. The van der Waals surface area contributed by atoms with Crippen molar-refractivity contribution in [2.75, 3.05) is 0 Å². The van der Waals surface area contributed by atoms with E-state index in [1.807, 2.05) is 13.8 Å². The third-order valence-corrected chi connectivity index (χ3v) is 3.51. The summed E-state index contributed by atoms with van der Waals surface area (Å²) >= 11 is 0. The van der Waals surface area contributed by atoms with Crippen molar-refractivity contribution in [1.82, 2.24) is 0 Å². The lowest BCUT2D eigenvalue weighted by Crippen LogP contribution is -2.13. The van der Waals surface area contributed by atoms with Gasteiger partial charge in [0.05, 0.1) is 0 Å². The monoisotopic (exact) mass is 198 g/mol. The topological polar surface area (TPSA) is 0 Å². The lowest BCUT2D eigenvalue weighted by molar-refractivity contribution is 0.255. The van der Waals surface area contributed by atoms with Crippen molar-refractivity contribution in [1.29, 1.82) is 0 Å². The number of hydrogen-bond acceptors (Lipinski definition) is 0. The number of unbranched alkanes of at least 4 members (excludes halogenated alkanes) is 1. The van der Waals surface area contributed by atoms with E-state index in [1.165, 1.54) is 51.4 Å². The molecular weight excluding hydrogens is 168 g/mol. The molecule has 0 amide bonds. The van der Waals surface area contributed by atoms with E-state index < -0.39 is 0 Å². The highest BCUT2D eigenvalue weighted by Crippen LogP contribution is 2.33. The third kappa shape index (κ3) is 5.67. The molecule has 0 bridgehead atoms. The second-order valence-electron chi connectivity index (χ2n) is 4.44. The fourth-order valence-corrected chi connectivity index (χ4v) is 2.42. The molecule has 1 aliphatic rings. The van der Waals surface area contributed by atoms with E-state index >= 15 is 0 Å². The predicted molar refractivity (Wildman–Crippen MR) is 66.6 cm³/mol. The standard InChI is InChI=1S/C12H24.C2H6/c1-3-5-6-12-9-7-11(4-2)8-10-12;1-2/h11-12H,3-10H2,1-2H3;1-2H3. The van der Waals surface area contributed by atoms with Gasteiger partial charge in [-0.25, -0.2) is 0 Å². The molecular formula is C14H30. The van der Waals surface area contributed by atoms with Crippen molar-refractivity contribution >= 4 is 0 Å². The lowest BCUT2D eigenvalue weighted by Gasteiger charge is -2.27. The molecule has 14 heavy (non-hydrogen) atoms. The van der Waals surface area contributed by atoms with Crippen molar-refractivity contribution < 1.29 is 0 Å². The van der Waals surface area contributed by atoms with E-state index in [0.29, 0.717) is 0 Å². The zero-order valence-electron chi connectivity index (χ0n) is 10.8. The Kier molecular flexibility index (Phi) is 9.55. The van der Waals surface area contributed by atoms with Crippen LogP contribution in [0.15, 0.2) is 0 Å². The summed E-state index contributed by atoms with van der Waals surface area (Å²) in [7, 11) is 0. The molecule has 0 heteroatoms. The number of rotatable bonds is 4. The molecule has 1 aliphatic carbocycles. The van der Waals surface area contributed by atoms with Crippen LogP contribution in [0.1, 0.15) is 79.1 Å². The van der Waals surface area contributed by atoms with Gasteiger partial charge in [0.2, 0.25) is 0 Å². The molecule has 86 valence electrons. The quantitative estimate of drug-likeness (QED) is 0.566. The van der Waals surface area contributed by atoms with Crippen LogP contribution in [-0.4, -0.2) is 0 Å². The molecule has 0 N–H and O–H groups in total. The summed E-state index contributed by atoms with van der Waals surface area (Å²) < 4.78 is 0. The fraction of sp³-hybridized carbons (Fsp3) is 1.00. The van der Waals surface area contributed by atoms with Crippen LogP contribution in [0.25, 0.3) is 0 Å². The zero-order valence-corrected chi connectivity index (χ0v) is 10.8. The van der Waals surface area contributed by atoms with E-state index in [4.69, 9.17) is 0 Å². The van der Waals surface area contributed by atoms with Crippen LogP contribution in [0, 0.1) is 11.8 Å². The number of hydrogen-bond donors (Lipinski definition) is 0. The minimum Gasteiger partial charge on any atom is -0.0683 e. The van der Waals surface area contributed by atoms with Gasteiger partial charge >= 0.3 is 0 Å². The Bertz CT molecular complexity index is 98.6. The molecule has 0 aromatic rings. The van der Waals surface area contributed by atoms with Crippen molar-refractivity contribution in [3.8, 4) is 0 Å². The molecule has 0 nitrogen and oxygen atoms in total. The lowest BCUT2D eigenvalue weighted by atomic mass is 9.79. The Labute approximate surface area is 91.5 Å². The summed E-state index contributed by atoms with van der Waals surface area (Å²) in [5.41, 5.74) is 0. The average Bonchev–Trinajstić information content (AvgIpc) is 2.30. The normalized spacial score (nSPS) is 26.6. The van der Waals surface area contributed by atoms with E-state index in [0.717, 1.165) is 11.8 Å². The van der Waals surface area contributed by atoms with Gasteiger partial charge in [-0.05, 0) is 11.8 Å². The van der Waals surface area contributed by atoms with Crippen LogP contribution in [0.5, 0.6) is 0 Å². The highest BCUT2D eigenvalue weighted by atomic mass is 14.2. The van der Waals surface area contributed by atoms with Crippen LogP contribution >= 0.6 is 0 Å². The molecule has 0 heterocycles. The molecule has 0 atom stereocenters. The molecule has 1 saturated carbocycles. The van der Waals surface area contributed by atoms with Gasteiger partial charge in [0.15, 0.2) is 0 Å². The summed E-state index contributed by atoms with van der Waals surface area (Å²) in [4.78, 5) is 0.